The van der Waals surface area contributed by atoms with Crippen LogP contribution in [-0.4, -0.2) is 9.13 Å². The summed E-state index contributed by atoms with van der Waals surface area (Å²) in [4.78, 5) is 24.9. The van der Waals surface area contributed by atoms with Crippen molar-refractivity contribution < 1.29 is 4.42 Å². The second-order valence-electron chi connectivity index (χ2n) is 5.99. The number of aryl methyl sites for hydroxylation is 1. The molecule has 0 amide bonds. The highest BCUT2D eigenvalue weighted by atomic mass is 16.3. The van der Waals surface area contributed by atoms with Crippen LogP contribution in [0, 0.1) is 6.92 Å². The monoisotopic (exact) mass is 332 g/mol. The van der Waals surface area contributed by atoms with Gasteiger partial charge in [0.25, 0.3) is 5.56 Å². The number of fused-ring (bicyclic) bond motifs is 1. The van der Waals surface area contributed by atoms with E-state index in [9.17, 15) is 9.59 Å². The summed E-state index contributed by atoms with van der Waals surface area (Å²) in [5.41, 5.74) is 1.73. The average molecular weight is 332 g/mol. The van der Waals surface area contributed by atoms with Crippen molar-refractivity contribution in [1.29, 1.82) is 0 Å². The first-order chi connectivity index (χ1) is 12.1. The SMILES string of the molecule is Cc1ccc2oc(Cn3ccc(=O)n(-c4ccccc4)c3=O)cc2c1. The van der Waals surface area contributed by atoms with Crippen LogP contribution in [0.25, 0.3) is 16.7 Å². The van der Waals surface area contributed by atoms with E-state index in [1.165, 1.54) is 16.8 Å². The van der Waals surface area contributed by atoms with Gasteiger partial charge in [-0.15, -0.1) is 0 Å². The number of hydrogen-bond donors (Lipinski definition) is 0. The molecule has 0 saturated carbocycles. The number of hydrogen-bond acceptors (Lipinski definition) is 3. The van der Waals surface area contributed by atoms with Gasteiger partial charge in [-0.1, -0.05) is 29.8 Å². The van der Waals surface area contributed by atoms with Crippen LogP contribution in [0.3, 0.4) is 0 Å². The van der Waals surface area contributed by atoms with Gasteiger partial charge < -0.3 is 4.42 Å². The number of para-hydroxylation sites is 1. The molecular weight excluding hydrogens is 316 g/mol. The maximum atomic E-state index is 12.7. The highest BCUT2D eigenvalue weighted by molar-refractivity contribution is 5.78. The molecule has 0 aliphatic carbocycles. The standard InChI is InChI=1S/C20H16N2O3/c1-14-7-8-18-15(11-14)12-17(25-18)13-21-10-9-19(23)22(20(21)24)16-5-3-2-4-6-16/h2-12H,13H2,1H3. The van der Waals surface area contributed by atoms with Gasteiger partial charge in [-0.3, -0.25) is 9.36 Å². The van der Waals surface area contributed by atoms with Crippen LogP contribution in [0.1, 0.15) is 11.3 Å². The van der Waals surface area contributed by atoms with Crippen LogP contribution in [0.5, 0.6) is 0 Å². The molecule has 2 heterocycles. The second kappa shape index (κ2) is 5.94. The van der Waals surface area contributed by atoms with E-state index < -0.39 is 5.69 Å². The van der Waals surface area contributed by atoms with Crippen molar-refractivity contribution >= 4 is 11.0 Å². The molecule has 0 atom stereocenters. The average Bonchev–Trinajstić information content (AvgIpc) is 3.00. The van der Waals surface area contributed by atoms with E-state index in [-0.39, 0.29) is 12.1 Å². The molecule has 5 heteroatoms. The summed E-state index contributed by atoms with van der Waals surface area (Å²) in [5.74, 6) is 0.668. The lowest BCUT2D eigenvalue weighted by atomic mass is 10.2. The van der Waals surface area contributed by atoms with Gasteiger partial charge in [0.15, 0.2) is 0 Å². The fourth-order valence-corrected chi connectivity index (χ4v) is 2.91. The van der Waals surface area contributed by atoms with E-state index in [4.69, 9.17) is 4.42 Å². The van der Waals surface area contributed by atoms with Gasteiger partial charge in [0, 0.05) is 17.6 Å². The summed E-state index contributed by atoms with van der Waals surface area (Å²) >= 11 is 0. The maximum absolute atomic E-state index is 12.7. The molecule has 0 spiro atoms. The Bertz CT molecular complexity index is 1170. The minimum Gasteiger partial charge on any atom is -0.459 e. The lowest BCUT2D eigenvalue weighted by molar-refractivity contribution is 0.515. The van der Waals surface area contributed by atoms with Crippen molar-refractivity contribution in [3.05, 3.63) is 99.0 Å². The normalized spacial score (nSPS) is 11.1. The lowest BCUT2D eigenvalue weighted by Crippen LogP contribution is -2.37. The van der Waals surface area contributed by atoms with Crippen molar-refractivity contribution in [2.24, 2.45) is 0 Å². The Labute approximate surface area is 143 Å². The molecule has 0 aliphatic heterocycles. The maximum Gasteiger partial charge on any atom is 0.336 e. The molecule has 4 rings (SSSR count). The Hall–Kier alpha value is -3.34. The summed E-state index contributed by atoms with van der Waals surface area (Å²) in [6.07, 6.45) is 1.50. The first kappa shape index (κ1) is 15.2. The predicted molar refractivity (Wildman–Crippen MR) is 96.4 cm³/mol. The summed E-state index contributed by atoms with van der Waals surface area (Å²) < 4.78 is 8.44. The molecule has 4 aromatic rings. The van der Waals surface area contributed by atoms with Gasteiger partial charge in [0.05, 0.1) is 12.2 Å². The molecule has 0 bridgehead atoms. The quantitative estimate of drug-likeness (QED) is 0.579. The van der Waals surface area contributed by atoms with Crippen LogP contribution in [0.2, 0.25) is 0 Å². The van der Waals surface area contributed by atoms with Crippen LogP contribution >= 0.6 is 0 Å². The molecule has 2 aromatic heterocycles. The Balaban J connectivity index is 1.78. The molecular formula is C20H16N2O3. The first-order valence-corrected chi connectivity index (χ1v) is 7.99. The summed E-state index contributed by atoms with van der Waals surface area (Å²) in [6, 6.07) is 18.1. The Morgan fingerprint density at radius 1 is 0.960 bits per heavy atom. The highest BCUT2D eigenvalue weighted by Crippen LogP contribution is 2.20. The van der Waals surface area contributed by atoms with Crippen molar-refractivity contribution in [3.8, 4) is 5.69 Å². The van der Waals surface area contributed by atoms with Crippen molar-refractivity contribution in [3.63, 3.8) is 0 Å². The molecule has 2 aromatic carbocycles. The van der Waals surface area contributed by atoms with Crippen LogP contribution in [-0.2, 0) is 6.54 Å². The van der Waals surface area contributed by atoms with Gasteiger partial charge in [0.2, 0.25) is 0 Å². The molecule has 0 fully saturated rings. The third-order valence-electron chi connectivity index (χ3n) is 4.12. The van der Waals surface area contributed by atoms with E-state index >= 15 is 0 Å². The van der Waals surface area contributed by atoms with E-state index in [1.54, 1.807) is 24.3 Å². The molecule has 5 nitrogen and oxygen atoms in total. The van der Waals surface area contributed by atoms with E-state index in [1.807, 2.05) is 37.3 Å². The number of benzene rings is 2. The minimum absolute atomic E-state index is 0.264. The Morgan fingerprint density at radius 3 is 2.56 bits per heavy atom. The predicted octanol–water partition coefficient (Wildman–Crippen LogP) is 3.10. The molecule has 124 valence electrons. The molecule has 0 aliphatic rings. The van der Waals surface area contributed by atoms with Gasteiger partial charge in [-0.05, 0) is 37.3 Å². The molecule has 0 saturated heterocycles. The number of furan rings is 1. The van der Waals surface area contributed by atoms with Crippen molar-refractivity contribution in [2.45, 2.75) is 13.5 Å². The van der Waals surface area contributed by atoms with Gasteiger partial charge in [-0.2, -0.15) is 0 Å². The summed E-state index contributed by atoms with van der Waals surface area (Å²) in [5, 5.41) is 0.999. The highest BCUT2D eigenvalue weighted by Gasteiger charge is 2.10. The van der Waals surface area contributed by atoms with Crippen molar-refractivity contribution in [2.75, 3.05) is 0 Å². The molecule has 0 N–H and O–H groups in total. The summed E-state index contributed by atoms with van der Waals surface area (Å²) in [6.45, 7) is 2.28. The zero-order valence-electron chi connectivity index (χ0n) is 13.7. The number of aromatic nitrogens is 2. The van der Waals surface area contributed by atoms with Crippen molar-refractivity contribution in [1.82, 2.24) is 9.13 Å². The van der Waals surface area contributed by atoms with Crippen LogP contribution in [0.4, 0.5) is 0 Å². The van der Waals surface area contributed by atoms with Crippen LogP contribution in [0.15, 0.2) is 80.9 Å². The molecule has 0 radical (unpaired) electrons. The molecule has 0 unspecified atom stereocenters. The minimum atomic E-state index is -0.393. The van der Waals surface area contributed by atoms with E-state index in [2.05, 4.69) is 0 Å². The third-order valence-corrected chi connectivity index (χ3v) is 4.12. The zero-order valence-corrected chi connectivity index (χ0v) is 13.7. The van der Waals surface area contributed by atoms with Crippen LogP contribution < -0.4 is 11.2 Å². The molecule has 25 heavy (non-hydrogen) atoms. The topological polar surface area (TPSA) is 57.1 Å². The first-order valence-electron chi connectivity index (χ1n) is 7.99. The smallest absolute Gasteiger partial charge is 0.336 e. The zero-order chi connectivity index (χ0) is 17.4. The van der Waals surface area contributed by atoms with Gasteiger partial charge in [-0.25, -0.2) is 9.36 Å². The Morgan fingerprint density at radius 2 is 1.76 bits per heavy atom. The number of rotatable bonds is 3. The van der Waals surface area contributed by atoms with E-state index in [0.717, 1.165) is 21.1 Å². The third kappa shape index (κ3) is 2.80. The van der Waals surface area contributed by atoms with Gasteiger partial charge in [0.1, 0.15) is 11.3 Å². The fraction of sp³-hybridized carbons (Fsp3) is 0.100. The summed E-state index contributed by atoms with van der Waals surface area (Å²) in [7, 11) is 0. The largest absolute Gasteiger partial charge is 0.459 e. The fourth-order valence-electron chi connectivity index (χ4n) is 2.91. The number of nitrogens with zero attached hydrogens (tertiary/aromatic N) is 2. The lowest BCUT2D eigenvalue weighted by Gasteiger charge is -2.08. The Kier molecular flexibility index (Phi) is 3.61. The van der Waals surface area contributed by atoms with E-state index in [0.29, 0.717) is 11.4 Å². The van der Waals surface area contributed by atoms with Gasteiger partial charge >= 0.3 is 5.69 Å². The second-order valence-corrected chi connectivity index (χ2v) is 5.99.